The van der Waals surface area contributed by atoms with Crippen LogP contribution >= 0.6 is 0 Å². The van der Waals surface area contributed by atoms with Crippen molar-refractivity contribution in [2.75, 3.05) is 20.8 Å². The number of ether oxygens (including phenoxy) is 2. The Balaban J connectivity index is 1.52. The van der Waals surface area contributed by atoms with E-state index in [1.807, 2.05) is 24.3 Å². The summed E-state index contributed by atoms with van der Waals surface area (Å²) < 4.78 is 15.9. The van der Waals surface area contributed by atoms with E-state index in [0.717, 1.165) is 28.5 Å². The fourth-order valence-corrected chi connectivity index (χ4v) is 3.24. The molecule has 140 valence electrons. The number of H-pyrrole nitrogens is 1. The second-order valence-electron chi connectivity index (χ2n) is 6.42. The number of fused-ring (bicyclic) bond motifs is 1. The molecule has 0 atom stereocenters. The lowest BCUT2D eigenvalue weighted by Gasteiger charge is -2.25. The van der Waals surface area contributed by atoms with E-state index >= 15 is 0 Å². The third-order valence-corrected chi connectivity index (χ3v) is 4.62. The molecular formula is C20H21N3O4. The zero-order valence-electron chi connectivity index (χ0n) is 15.3. The van der Waals surface area contributed by atoms with Crippen molar-refractivity contribution in [2.24, 2.45) is 0 Å². The number of carbonyl (C=O) groups excluding carboxylic acids is 1. The predicted octanol–water partition coefficient (Wildman–Crippen LogP) is 3.02. The fraction of sp³-hybridized carbons (Fsp3) is 0.300. The van der Waals surface area contributed by atoms with E-state index in [1.54, 1.807) is 31.3 Å². The first-order chi connectivity index (χ1) is 13.2. The van der Waals surface area contributed by atoms with Crippen LogP contribution in [0.15, 0.2) is 40.8 Å². The Labute approximate surface area is 156 Å². The molecule has 27 heavy (non-hydrogen) atoms. The number of methoxy groups -OCH3 is 2. The summed E-state index contributed by atoms with van der Waals surface area (Å²) in [6.07, 6.45) is 0.702. The quantitative estimate of drug-likeness (QED) is 0.750. The Morgan fingerprint density at radius 1 is 1.30 bits per heavy atom. The molecule has 4 rings (SSSR count). The molecule has 3 heterocycles. The lowest BCUT2D eigenvalue weighted by atomic mass is 10.1. The van der Waals surface area contributed by atoms with Gasteiger partial charge >= 0.3 is 0 Å². The van der Waals surface area contributed by atoms with Crippen molar-refractivity contribution in [2.45, 2.75) is 19.6 Å². The highest BCUT2D eigenvalue weighted by atomic mass is 16.5. The van der Waals surface area contributed by atoms with E-state index in [-0.39, 0.29) is 5.91 Å². The largest absolute Gasteiger partial charge is 0.497 e. The summed E-state index contributed by atoms with van der Waals surface area (Å²) in [6.45, 7) is 1.43. The first-order valence-corrected chi connectivity index (χ1v) is 8.77. The minimum atomic E-state index is -0.125. The van der Waals surface area contributed by atoms with Gasteiger partial charge in [-0.2, -0.15) is 0 Å². The Morgan fingerprint density at radius 2 is 2.19 bits per heavy atom. The minimum Gasteiger partial charge on any atom is -0.497 e. The molecule has 0 aliphatic carbocycles. The maximum atomic E-state index is 12.7. The van der Waals surface area contributed by atoms with Gasteiger partial charge in [0.2, 0.25) is 0 Å². The minimum absolute atomic E-state index is 0.125. The van der Waals surface area contributed by atoms with E-state index in [0.29, 0.717) is 37.6 Å². The van der Waals surface area contributed by atoms with E-state index in [9.17, 15) is 4.79 Å². The molecule has 0 bridgehead atoms. The Morgan fingerprint density at radius 3 is 3.00 bits per heavy atom. The smallest absolute Gasteiger partial charge is 0.289 e. The van der Waals surface area contributed by atoms with Crippen LogP contribution in [0.1, 0.15) is 27.7 Å². The van der Waals surface area contributed by atoms with Gasteiger partial charge in [0.05, 0.1) is 25.0 Å². The van der Waals surface area contributed by atoms with Crippen LogP contribution in [-0.2, 0) is 24.3 Å². The Kier molecular flexibility index (Phi) is 4.68. The maximum absolute atomic E-state index is 12.7. The van der Waals surface area contributed by atoms with Crippen LogP contribution in [-0.4, -0.2) is 41.5 Å². The Hall–Kier alpha value is -3.06. The van der Waals surface area contributed by atoms with Gasteiger partial charge in [0.1, 0.15) is 23.9 Å². The number of hydrogen-bond donors (Lipinski definition) is 1. The number of aromatic amines is 1. The number of rotatable bonds is 5. The number of furan rings is 1. The summed E-state index contributed by atoms with van der Waals surface area (Å²) in [5.74, 6) is 2.41. The van der Waals surface area contributed by atoms with Gasteiger partial charge in [-0.3, -0.25) is 4.79 Å². The van der Waals surface area contributed by atoms with Crippen LogP contribution in [0.4, 0.5) is 0 Å². The summed E-state index contributed by atoms with van der Waals surface area (Å²) in [4.78, 5) is 22.6. The number of aromatic nitrogens is 2. The molecule has 1 aliphatic heterocycles. The molecule has 0 saturated carbocycles. The summed E-state index contributed by atoms with van der Waals surface area (Å²) in [6, 6.07) is 11.2. The third kappa shape index (κ3) is 3.46. The zero-order chi connectivity index (χ0) is 18.8. The van der Waals surface area contributed by atoms with Crippen molar-refractivity contribution in [3.63, 3.8) is 0 Å². The lowest BCUT2D eigenvalue weighted by Crippen LogP contribution is -2.35. The number of carbonyl (C=O) groups is 1. The molecule has 7 heteroatoms. The first-order valence-electron chi connectivity index (χ1n) is 8.77. The van der Waals surface area contributed by atoms with Crippen LogP contribution in [0.25, 0.3) is 11.4 Å². The van der Waals surface area contributed by atoms with Gasteiger partial charge in [-0.25, -0.2) is 4.98 Å². The van der Waals surface area contributed by atoms with Gasteiger partial charge in [-0.15, -0.1) is 0 Å². The van der Waals surface area contributed by atoms with Gasteiger partial charge < -0.3 is 23.8 Å². The molecule has 1 amide bonds. The van der Waals surface area contributed by atoms with Gasteiger partial charge in [-0.1, -0.05) is 12.1 Å². The van der Waals surface area contributed by atoms with E-state index in [1.165, 1.54) is 0 Å². The number of hydrogen-bond acceptors (Lipinski definition) is 5. The highest BCUT2D eigenvalue weighted by Crippen LogP contribution is 2.26. The summed E-state index contributed by atoms with van der Waals surface area (Å²) >= 11 is 0. The van der Waals surface area contributed by atoms with Gasteiger partial charge in [0, 0.05) is 25.6 Å². The molecule has 7 nitrogen and oxygen atoms in total. The third-order valence-electron chi connectivity index (χ3n) is 4.62. The SMILES string of the molecule is COCc1ccc(C(=O)N2CCc3nc(-c4cccc(OC)c4)[nH]c3C2)o1. The van der Waals surface area contributed by atoms with E-state index in [4.69, 9.17) is 18.9 Å². The lowest BCUT2D eigenvalue weighted by molar-refractivity contribution is 0.0692. The first kappa shape index (κ1) is 17.4. The molecule has 0 fully saturated rings. The summed E-state index contributed by atoms with van der Waals surface area (Å²) in [5.41, 5.74) is 2.91. The average molecular weight is 367 g/mol. The van der Waals surface area contributed by atoms with E-state index < -0.39 is 0 Å². The number of benzene rings is 1. The molecule has 0 saturated heterocycles. The summed E-state index contributed by atoms with van der Waals surface area (Å²) in [5, 5.41) is 0. The molecule has 3 aromatic rings. The average Bonchev–Trinajstić information content (AvgIpc) is 3.34. The van der Waals surface area contributed by atoms with Crippen molar-refractivity contribution in [3.05, 3.63) is 59.3 Å². The normalized spacial score (nSPS) is 13.5. The van der Waals surface area contributed by atoms with Crippen LogP contribution in [0.5, 0.6) is 5.75 Å². The highest BCUT2D eigenvalue weighted by Gasteiger charge is 2.26. The second-order valence-corrected chi connectivity index (χ2v) is 6.42. The van der Waals surface area contributed by atoms with E-state index in [2.05, 4.69) is 4.98 Å². The zero-order valence-corrected chi connectivity index (χ0v) is 15.3. The van der Waals surface area contributed by atoms with Crippen molar-refractivity contribution < 1.29 is 18.7 Å². The number of nitrogens with zero attached hydrogens (tertiary/aromatic N) is 2. The molecule has 1 aromatic carbocycles. The molecule has 0 radical (unpaired) electrons. The van der Waals surface area contributed by atoms with Crippen LogP contribution < -0.4 is 4.74 Å². The van der Waals surface area contributed by atoms with Gasteiger partial charge in [0.15, 0.2) is 5.76 Å². The van der Waals surface area contributed by atoms with Crippen LogP contribution in [0.2, 0.25) is 0 Å². The molecule has 2 aromatic heterocycles. The monoisotopic (exact) mass is 367 g/mol. The van der Waals surface area contributed by atoms with Crippen LogP contribution in [0.3, 0.4) is 0 Å². The van der Waals surface area contributed by atoms with Crippen molar-refractivity contribution >= 4 is 5.91 Å². The van der Waals surface area contributed by atoms with Crippen molar-refractivity contribution in [3.8, 4) is 17.1 Å². The standard InChI is InChI=1S/C20H21N3O4/c1-25-12-15-6-7-18(27-15)20(24)23-9-8-16-17(11-23)22-19(21-16)13-4-3-5-14(10-13)26-2/h3-7,10H,8-9,11-12H2,1-2H3,(H,21,22). The van der Waals surface area contributed by atoms with Crippen molar-refractivity contribution in [1.82, 2.24) is 14.9 Å². The fourth-order valence-electron chi connectivity index (χ4n) is 3.24. The molecular weight excluding hydrogens is 346 g/mol. The molecule has 1 aliphatic rings. The highest BCUT2D eigenvalue weighted by molar-refractivity contribution is 5.91. The molecule has 1 N–H and O–H groups in total. The van der Waals surface area contributed by atoms with Gasteiger partial charge in [-0.05, 0) is 24.3 Å². The van der Waals surface area contributed by atoms with Gasteiger partial charge in [0.25, 0.3) is 5.91 Å². The Bertz CT molecular complexity index is 960. The number of imidazole rings is 1. The number of nitrogens with one attached hydrogen (secondary N) is 1. The topological polar surface area (TPSA) is 80.6 Å². The van der Waals surface area contributed by atoms with Crippen LogP contribution in [0, 0.1) is 0 Å². The summed E-state index contributed by atoms with van der Waals surface area (Å²) in [7, 11) is 3.23. The number of amides is 1. The molecule has 0 unspecified atom stereocenters. The maximum Gasteiger partial charge on any atom is 0.289 e. The van der Waals surface area contributed by atoms with Crippen molar-refractivity contribution in [1.29, 1.82) is 0 Å². The molecule has 0 spiro atoms. The second kappa shape index (κ2) is 7.28. The predicted molar refractivity (Wildman–Crippen MR) is 98.4 cm³/mol.